The summed E-state index contributed by atoms with van der Waals surface area (Å²) in [6, 6.07) is 16.0. The number of aliphatic carboxylic acids is 1. The molecule has 6 nitrogen and oxygen atoms in total. The van der Waals surface area contributed by atoms with Gasteiger partial charge >= 0.3 is 5.97 Å². The lowest BCUT2D eigenvalue weighted by molar-refractivity contribution is -0.144. The number of carboxylic acids is 1. The Hall–Kier alpha value is -3.25. The number of nitrogens with one attached hydrogen (secondary N) is 1. The standard InChI is InChI=1S/C37H45ClN2O4/c1-4-43-30-12-11-26-20-27(19-24(2)23-44-33-13-18-39-32-10-5-7-25(3)34(32)33)36(31(26)22-30)14-16-37(17-15-36,35(41)42)40-29-9-6-8-28(38)21-29/h6,8-9,11-13,18,21-22,24-25,27,40H,4-5,7,10,14-17,19-20,23H2,1-3H3,(H,41,42)/t24-,25-,27?,36?,37?/m1/s1. The van der Waals surface area contributed by atoms with Gasteiger partial charge in [-0.1, -0.05) is 37.6 Å². The van der Waals surface area contributed by atoms with Gasteiger partial charge in [0.15, 0.2) is 0 Å². The molecule has 44 heavy (non-hydrogen) atoms. The summed E-state index contributed by atoms with van der Waals surface area (Å²) < 4.78 is 12.5. The number of aryl methyl sites for hydroxylation is 1. The van der Waals surface area contributed by atoms with Crippen molar-refractivity contribution in [1.82, 2.24) is 4.98 Å². The number of carboxylic acid groups (broad SMARTS) is 1. The van der Waals surface area contributed by atoms with Crippen molar-refractivity contribution in [2.45, 2.75) is 95.4 Å². The lowest BCUT2D eigenvalue weighted by atomic mass is 9.59. The molecule has 3 aliphatic carbocycles. The Bertz CT molecular complexity index is 1500. The second kappa shape index (κ2) is 12.6. The molecule has 2 aromatic carbocycles. The zero-order valence-corrected chi connectivity index (χ0v) is 27.0. The maximum atomic E-state index is 12.8. The quantitative estimate of drug-likeness (QED) is 0.237. The highest BCUT2D eigenvalue weighted by Gasteiger charge is 2.54. The van der Waals surface area contributed by atoms with Gasteiger partial charge in [-0.25, -0.2) is 4.79 Å². The highest BCUT2D eigenvalue weighted by Crippen LogP contribution is 2.56. The summed E-state index contributed by atoms with van der Waals surface area (Å²) in [5.41, 5.74) is 4.82. The van der Waals surface area contributed by atoms with E-state index in [9.17, 15) is 9.90 Å². The Kier molecular flexibility index (Phi) is 8.83. The van der Waals surface area contributed by atoms with Crippen LogP contribution in [0.5, 0.6) is 11.5 Å². The largest absolute Gasteiger partial charge is 0.494 e. The summed E-state index contributed by atoms with van der Waals surface area (Å²) in [4.78, 5) is 17.5. The van der Waals surface area contributed by atoms with Crippen LogP contribution < -0.4 is 14.8 Å². The van der Waals surface area contributed by atoms with E-state index in [0.717, 1.165) is 49.3 Å². The highest BCUT2D eigenvalue weighted by molar-refractivity contribution is 6.30. The number of anilines is 1. The molecule has 2 N–H and O–H groups in total. The van der Waals surface area contributed by atoms with Gasteiger partial charge in [0.05, 0.1) is 13.2 Å². The number of benzene rings is 2. The molecular formula is C37H45ClN2O4. The molecule has 1 saturated carbocycles. The first-order valence-corrected chi connectivity index (χ1v) is 16.7. The molecule has 1 aromatic heterocycles. The normalized spacial score (nSPS) is 26.5. The molecule has 0 saturated heterocycles. The van der Waals surface area contributed by atoms with Crippen LogP contribution in [0.4, 0.5) is 5.69 Å². The predicted molar refractivity (Wildman–Crippen MR) is 175 cm³/mol. The summed E-state index contributed by atoms with van der Waals surface area (Å²) in [5, 5.41) is 14.5. The van der Waals surface area contributed by atoms with Gasteiger partial charge in [0.2, 0.25) is 0 Å². The predicted octanol–water partition coefficient (Wildman–Crippen LogP) is 8.60. The van der Waals surface area contributed by atoms with Crippen molar-refractivity contribution >= 4 is 23.3 Å². The van der Waals surface area contributed by atoms with Crippen LogP contribution in [0.3, 0.4) is 0 Å². The summed E-state index contributed by atoms with van der Waals surface area (Å²) in [5.74, 6) is 2.30. The minimum atomic E-state index is -1.04. The fraction of sp³-hybridized carbons (Fsp3) is 0.514. The van der Waals surface area contributed by atoms with Crippen molar-refractivity contribution in [3.63, 3.8) is 0 Å². The molecular weight excluding hydrogens is 572 g/mol. The molecule has 1 unspecified atom stereocenters. The monoisotopic (exact) mass is 616 g/mol. The van der Waals surface area contributed by atoms with E-state index >= 15 is 0 Å². The first kappa shape index (κ1) is 30.8. The first-order valence-electron chi connectivity index (χ1n) is 16.4. The Morgan fingerprint density at radius 1 is 1.14 bits per heavy atom. The Morgan fingerprint density at radius 2 is 1.95 bits per heavy atom. The topological polar surface area (TPSA) is 80.7 Å². The number of aromatic nitrogens is 1. The maximum absolute atomic E-state index is 12.8. The van der Waals surface area contributed by atoms with Gasteiger partial charge in [0.25, 0.3) is 0 Å². The lowest BCUT2D eigenvalue weighted by Crippen LogP contribution is -2.53. The summed E-state index contributed by atoms with van der Waals surface area (Å²) in [6.45, 7) is 7.87. The number of pyridine rings is 1. The first-order chi connectivity index (χ1) is 21.2. The molecule has 1 spiro atoms. The Morgan fingerprint density at radius 3 is 2.70 bits per heavy atom. The number of hydrogen-bond acceptors (Lipinski definition) is 5. The zero-order chi connectivity index (χ0) is 30.9. The number of fused-ring (bicyclic) bond motifs is 3. The van der Waals surface area contributed by atoms with E-state index in [1.165, 1.54) is 35.2 Å². The molecule has 7 heteroatoms. The van der Waals surface area contributed by atoms with Gasteiger partial charge in [-0.3, -0.25) is 4.98 Å². The van der Waals surface area contributed by atoms with Gasteiger partial charge in [-0.2, -0.15) is 0 Å². The molecule has 0 bridgehead atoms. The maximum Gasteiger partial charge on any atom is 0.329 e. The third-order valence-electron chi connectivity index (χ3n) is 10.6. The Balaban J connectivity index is 1.23. The van der Waals surface area contributed by atoms with Crippen molar-refractivity contribution in [2.24, 2.45) is 11.8 Å². The SMILES string of the molecule is CCOc1ccc2c(c1)C1(CCC(Nc3cccc(Cl)c3)(C(=O)O)CC1)C(C[C@@H](C)COc1ccnc3c1[C@H](C)CCC3)C2. The zero-order valence-electron chi connectivity index (χ0n) is 26.2. The van der Waals surface area contributed by atoms with Crippen LogP contribution in [0.15, 0.2) is 54.7 Å². The molecule has 0 amide bonds. The van der Waals surface area contributed by atoms with Crippen LogP contribution in [0.2, 0.25) is 5.02 Å². The van der Waals surface area contributed by atoms with E-state index in [2.05, 4.69) is 42.3 Å². The van der Waals surface area contributed by atoms with E-state index < -0.39 is 11.5 Å². The number of hydrogen-bond donors (Lipinski definition) is 2. The second-order valence-electron chi connectivity index (χ2n) is 13.4. The van der Waals surface area contributed by atoms with E-state index in [1.807, 2.05) is 31.3 Å². The third kappa shape index (κ3) is 5.90. The lowest BCUT2D eigenvalue weighted by Gasteiger charge is -2.47. The van der Waals surface area contributed by atoms with Crippen LogP contribution in [0.1, 0.15) is 94.0 Å². The van der Waals surface area contributed by atoms with E-state index in [4.69, 9.17) is 21.1 Å². The number of nitrogens with zero attached hydrogens (tertiary/aromatic N) is 1. The minimum absolute atomic E-state index is 0.101. The third-order valence-corrected chi connectivity index (χ3v) is 10.8. The number of halogens is 1. The fourth-order valence-corrected chi connectivity index (χ4v) is 8.52. The number of rotatable bonds is 10. The van der Waals surface area contributed by atoms with Crippen molar-refractivity contribution in [3.8, 4) is 11.5 Å². The average molecular weight is 617 g/mol. The van der Waals surface area contributed by atoms with Crippen molar-refractivity contribution in [3.05, 3.63) is 82.1 Å². The average Bonchev–Trinajstić information content (AvgIpc) is 3.29. The van der Waals surface area contributed by atoms with Gasteiger partial charge < -0.3 is 19.9 Å². The number of carbonyl (C=O) groups is 1. The van der Waals surface area contributed by atoms with Crippen LogP contribution in [0, 0.1) is 11.8 Å². The van der Waals surface area contributed by atoms with E-state index in [1.54, 1.807) is 12.1 Å². The van der Waals surface area contributed by atoms with E-state index in [0.29, 0.717) is 48.8 Å². The van der Waals surface area contributed by atoms with E-state index in [-0.39, 0.29) is 5.41 Å². The van der Waals surface area contributed by atoms with Crippen molar-refractivity contribution < 1.29 is 19.4 Å². The molecule has 6 rings (SSSR count). The molecule has 0 aliphatic heterocycles. The molecule has 234 valence electrons. The molecule has 3 aromatic rings. The summed E-state index contributed by atoms with van der Waals surface area (Å²) in [6.07, 6.45) is 9.97. The minimum Gasteiger partial charge on any atom is -0.494 e. The van der Waals surface area contributed by atoms with Crippen LogP contribution in [0.25, 0.3) is 0 Å². The second-order valence-corrected chi connectivity index (χ2v) is 13.9. The van der Waals surface area contributed by atoms with Gasteiger partial charge in [0.1, 0.15) is 17.0 Å². The molecule has 3 aliphatic rings. The van der Waals surface area contributed by atoms with Crippen molar-refractivity contribution in [1.29, 1.82) is 0 Å². The van der Waals surface area contributed by atoms with Gasteiger partial charge in [-0.05, 0) is 135 Å². The van der Waals surface area contributed by atoms with Crippen LogP contribution in [-0.4, -0.2) is 34.8 Å². The molecule has 0 radical (unpaired) electrons. The van der Waals surface area contributed by atoms with Gasteiger partial charge in [0, 0.05) is 28.2 Å². The van der Waals surface area contributed by atoms with Crippen LogP contribution in [-0.2, 0) is 23.1 Å². The van der Waals surface area contributed by atoms with Crippen LogP contribution >= 0.6 is 11.6 Å². The molecule has 1 heterocycles. The summed E-state index contributed by atoms with van der Waals surface area (Å²) >= 11 is 6.24. The molecule has 3 atom stereocenters. The Labute approximate surface area is 266 Å². The summed E-state index contributed by atoms with van der Waals surface area (Å²) in [7, 11) is 0. The fourth-order valence-electron chi connectivity index (χ4n) is 8.33. The smallest absolute Gasteiger partial charge is 0.329 e. The van der Waals surface area contributed by atoms with Gasteiger partial charge in [-0.15, -0.1) is 0 Å². The molecule has 1 fully saturated rings. The highest BCUT2D eigenvalue weighted by atomic mass is 35.5. The van der Waals surface area contributed by atoms with Crippen molar-refractivity contribution in [2.75, 3.05) is 18.5 Å². The number of ether oxygens (including phenoxy) is 2.